The number of halogens is 2. The number of anilines is 1. The van der Waals surface area contributed by atoms with Gasteiger partial charge in [0.05, 0.1) is 11.9 Å². The molecule has 0 radical (unpaired) electrons. The van der Waals surface area contributed by atoms with Gasteiger partial charge in [-0.05, 0) is 42.5 Å². The molecule has 3 rings (SSSR count). The largest absolute Gasteiger partial charge is 0.354 e. The molecule has 10 heteroatoms. The summed E-state index contributed by atoms with van der Waals surface area (Å²) >= 11 is 0. The number of hydrogen-bond acceptors (Lipinski definition) is 4. The molecule has 0 spiro atoms. The van der Waals surface area contributed by atoms with Gasteiger partial charge in [-0.3, -0.25) is 13.9 Å². The third-order valence-corrected chi connectivity index (χ3v) is 7.93. The maximum absolute atomic E-state index is 13.9. The van der Waals surface area contributed by atoms with Crippen molar-refractivity contribution in [1.29, 1.82) is 0 Å². The summed E-state index contributed by atoms with van der Waals surface area (Å²) in [6, 6.07) is 19.2. The van der Waals surface area contributed by atoms with Crippen LogP contribution in [0.15, 0.2) is 72.8 Å². The van der Waals surface area contributed by atoms with Crippen LogP contribution in [-0.2, 0) is 32.6 Å². The Morgan fingerprint density at radius 3 is 2.21 bits per heavy atom. The minimum Gasteiger partial charge on any atom is -0.354 e. The minimum atomic E-state index is -3.85. The number of sulfonamides is 1. The number of hydrogen-bond donors (Lipinski definition) is 1. The summed E-state index contributed by atoms with van der Waals surface area (Å²) in [5, 5.41) is 2.97. The lowest BCUT2D eigenvalue weighted by atomic mass is 10.0. The van der Waals surface area contributed by atoms with E-state index in [1.165, 1.54) is 6.07 Å². The van der Waals surface area contributed by atoms with Gasteiger partial charge in [-0.25, -0.2) is 17.2 Å². The molecule has 0 saturated heterocycles. The number of benzene rings is 3. The highest BCUT2D eigenvalue weighted by Gasteiger charge is 2.30. The smallest absolute Gasteiger partial charge is 0.243 e. The summed E-state index contributed by atoms with van der Waals surface area (Å²) in [7, 11) is -3.85. The number of rotatable bonds is 14. The Balaban J connectivity index is 1.89. The monoisotopic (exact) mass is 599 g/mol. The Morgan fingerprint density at radius 1 is 0.905 bits per heavy atom. The molecule has 0 fully saturated rings. The van der Waals surface area contributed by atoms with Crippen LogP contribution in [0, 0.1) is 24.5 Å². The van der Waals surface area contributed by atoms with E-state index in [2.05, 4.69) is 5.32 Å². The van der Waals surface area contributed by atoms with E-state index < -0.39 is 27.7 Å². The molecule has 0 heterocycles. The Bertz CT molecular complexity index is 1470. The van der Waals surface area contributed by atoms with Crippen molar-refractivity contribution in [2.45, 2.75) is 52.6 Å². The van der Waals surface area contributed by atoms with Gasteiger partial charge in [-0.15, -0.1) is 0 Å². The lowest BCUT2D eigenvalue weighted by molar-refractivity contribution is -0.141. The molecular formula is C32H39F2N3O4S. The number of carbonyl (C=O) groups excluding carboxylic acids is 2. The second-order valence-corrected chi connectivity index (χ2v) is 12.8. The Morgan fingerprint density at radius 2 is 1.60 bits per heavy atom. The van der Waals surface area contributed by atoms with Crippen LogP contribution in [0.3, 0.4) is 0 Å². The third kappa shape index (κ3) is 9.65. The average molecular weight is 600 g/mol. The van der Waals surface area contributed by atoms with Crippen LogP contribution in [0.5, 0.6) is 0 Å². The molecule has 1 N–H and O–H groups in total. The molecule has 42 heavy (non-hydrogen) atoms. The van der Waals surface area contributed by atoms with Crippen molar-refractivity contribution in [1.82, 2.24) is 10.2 Å². The molecular weight excluding hydrogens is 560 g/mol. The zero-order chi connectivity index (χ0) is 30.9. The van der Waals surface area contributed by atoms with Crippen molar-refractivity contribution in [2.24, 2.45) is 5.92 Å². The first-order valence-corrected chi connectivity index (χ1v) is 15.8. The van der Waals surface area contributed by atoms with E-state index >= 15 is 0 Å². The van der Waals surface area contributed by atoms with Crippen molar-refractivity contribution in [3.63, 3.8) is 0 Å². The standard InChI is InChI=1S/C32H39F2N3O4S/c1-23(2)21-35-32(39)30(19-25-11-6-5-7-12-25)36(22-26-13-8-10-24(3)18-26)31(38)14-9-17-37(42(4,40)41)27-15-16-28(33)29(34)20-27/h5-8,10-13,15-16,18,20,23,30H,9,14,17,19,21-22H2,1-4H3,(H,35,39)/t30-/m0/s1. The Hall–Kier alpha value is -3.79. The highest BCUT2D eigenvalue weighted by molar-refractivity contribution is 7.92. The van der Waals surface area contributed by atoms with Gasteiger partial charge in [0.1, 0.15) is 6.04 Å². The normalized spacial score (nSPS) is 12.2. The highest BCUT2D eigenvalue weighted by atomic mass is 32.2. The average Bonchev–Trinajstić information content (AvgIpc) is 2.93. The summed E-state index contributed by atoms with van der Waals surface area (Å²) in [6.07, 6.45) is 1.30. The van der Waals surface area contributed by atoms with E-state index in [1.54, 1.807) is 4.90 Å². The van der Waals surface area contributed by atoms with Crippen molar-refractivity contribution in [2.75, 3.05) is 23.7 Å². The van der Waals surface area contributed by atoms with Crippen LogP contribution < -0.4 is 9.62 Å². The van der Waals surface area contributed by atoms with Crippen LogP contribution in [0.25, 0.3) is 0 Å². The van der Waals surface area contributed by atoms with Gasteiger partial charge >= 0.3 is 0 Å². The topological polar surface area (TPSA) is 86.8 Å². The molecule has 0 aliphatic carbocycles. The van der Waals surface area contributed by atoms with Gasteiger partial charge in [0, 0.05) is 38.5 Å². The van der Waals surface area contributed by atoms with Crippen LogP contribution in [-0.4, -0.2) is 50.5 Å². The maximum Gasteiger partial charge on any atom is 0.243 e. The van der Waals surface area contributed by atoms with Crippen molar-refractivity contribution in [3.8, 4) is 0 Å². The van der Waals surface area contributed by atoms with Crippen molar-refractivity contribution >= 4 is 27.5 Å². The molecule has 3 aromatic carbocycles. The fourth-order valence-corrected chi connectivity index (χ4v) is 5.59. The molecule has 0 unspecified atom stereocenters. The Labute approximate surface area is 247 Å². The van der Waals surface area contributed by atoms with Gasteiger partial charge in [0.2, 0.25) is 21.8 Å². The van der Waals surface area contributed by atoms with Gasteiger partial charge in [-0.1, -0.05) is 74.0 Å². The third-order valence-electron chi connectivity index (χ3n) is 6.73. The summed E-state index contributed by atoms with van der Waals surface area (Å²) in [5.74, 6) is -2.64. The lowest BCUT2D eigenvalue weighted by Crippen LogP contribution is -2.51. The quantitative estimate of drug-likeness (QED) is 0.275. The zero-order valence-electron chi connectivity index (χ0n) is 24.5. The van der Waals surface area contributed by atoms with Crippen LogP contribution in [0.1, 0.15) is 43.4 Å². The molecule has 3 aromatic rings. The molecule has 0 saturated carbocycles. The number of nitrogens with zero attached hydrogens (tertiary/aromatic N) is 2. The second-order valence-electron chi connectivity index (χ2n) is 10.9. The van der Waals surface area contributed by atoms with E-state index in [-0.39, 0.29) is 49.4 Å². The number of carbonyl (C=O) groups is 2. The van der Waals surface area contributed by atoms with Crippen molar-refractivity contribution in [3.05, 3.63) is 101 Å². The van der Waals surface area contributed by atoms with Gasteiger partial charge in [0.15, 0.2) is 11.6 Å². The summed E-state index contributed by atoms with van der Waals surface area (Å²) in [5.41, 5.74) is 2.73. The summed E-state index contributed by atoms with van der Waals surface area (Å²) in [6.45, 7) is 6.44. The molecule has 0 bridgehead atoms. The van der Waals surface area contributed by atoms with Gasteiger partial charge in [0.25, 0.3) is 0 Å². The van der Waals surface area contributed by atoms with E-state index in [9.17, 15) is 26.8 Å². The maximum atomic E-state index is 13.9. The first-order valence-electron chi connectivity index (χ1n) is 13.9. The lowest BCUT2D eigenvalue weighted by Gasteiger charge is -2.32. The van der Waals surface area contributed by atoms with E-state index in [1.807, 2.05) is 75.4 Å². The van der Waals surface area contributed by atoms with E-state index in [4.69, 9.17) is 0 Å². The number of nitrogens with one attached hydrogen (secondary N) is 1. The van der Waals surface area contributed by atoms with Crippen LogP contribution in [0.2, 0.25) is 0 Å². The van der Waals surface area contributed by atoms with Crippen molar-refractivity contribution < 1.29 is 26.8 Å². The van der Waals surface area contributed by atoms with E-state index in [0.29, 0.717) is 13.0 Å². The first kappa shape index (κ1) is 32.7. The van der Waals surface area contributed by atoms with E-state index in [0.717, 1.165) is 39.4 Å². The highest BCUT2D eigenvalue weighted by Crippen LogP contribution is 2.22. The fraction of sp³-hybridized carbons (Fsp3) is 0.375. The molecule has 0 aliphatic rings. The zero-order valence-corrected chi connectivity index (χ0v) is 25.3. The summed E-state index contributed by atoms with van der Waals surface area (Å²) < 4.78 is 53.3. The molecule has 2 amide bonds. The van der Waals surface area contributed by atoms with Gasteiger partial charge < -0.3 is 10.2 Å². The second kappa shape index (κ2) is 14.9. The number of amides is 2. The minimum absolute atomic E-state index is 0.0320. The summed E-state index contributed by atoms with van der Waals surface area (Å²) in [4.78, 5) is 29.0. The molecule has 226 valence electrons. The van der Waals surface area contributed by atoms with Gasteiger partial charge in [-0.2, -0.15) is 0 Å². The van der Waals surface area contributed by atoms with Crippen LogP contribution in [0.4, 0.5) is 14.5 Å². The SMILES string of the molecule is Cc1cccc(CN(C(=O)CCCN(c2ccc(F)c(F)c2)S(C)(=O)=O)[C@@H](Cc2ccccc2)C(=O)NCC(C)C)c1. The predicted molar refractivity (Wildman–Crippen MR) is 161 cm³/mol. The predicted octanol–water partition coefficient (Wildman–Crippen LogP) is 5.23. The van der Waals surface area contributed by atoms with Crippen LogP contribution >= 0.6 is 0 Å². The molecule has 1 atom stereocenters. The molecule has 0 aliphatic heterocycles. The molecule has 0 aromatic heterocycles. The number of aryl methyl sites for hydroxylation is 1. The Kier molecular flexibility index (Phi) is 11.6. The fourth-order valence-electron chi connectivity index (χ4n) is 4.63. The molecule has 7 nitrogen and oxygen atoms in total. The first-order chi connectivity index (χ1) is 19.8.